The van der Waals surface area contributed by atoms with Gasteiger partial charge in [-0.15, -0.1) is 0 Å². The molecule has 2 N–H and O–H groups in total. The van der Waals surface area contributed by atoms with E-state index in [0.717, 1.165) is 12.1 Å². The molecule has 2 rings (SSSR count). The highest BCUT2D eigenvalue weighted by atomic mass is 16.5. The lowest BCUT2D eigenvalue weighted by Crippen LogP contribution is -2.48. The Labute approximate surface area is 118 Å². The summed E-state index contributed by atoms with van der Waals surface area (Å²) in [6.07, 6.45) is 12.0. The molecule has 0 saturated heterocycles. The molecule has 2 aliphatic carbocycles. The molecule has 3 heteroatoms. The number of hydrogen-bond donors (Lipinski definition) is 1. The first kappa shape index (κ1) is 15.3. The Balaban J connectivity index is 1.88. The van der Waals surface area contributed by atoms with E-state index in [4.69, 9.17) is 10.5 Å². The van der Waals surface area contributed by atoms with Crippen molar-refractivity contribution >= 4 is 0 Å². The van der Waals surface area contributed by atoms with Gasteiger partial charge in [-0.3, -0.25) is 4.90 Å². The number of hydrogen-bond acceptors (Lipinski definition) is 3. The van der Waals surface area contributed by atoms with E-state index >= 15 is 0 Å². The molecular weight excluding hydrogens is 236 g/mol. The van der Waals surface area contributed by atoms with E-state index in [9.17, 15) is 0 Å². The molecule has 3 nitrogen and oxygen atoms in total. The maximum atomic E-state index is 6.05. The van der Waals surface area contributed by atoms with Crippen LogP contribution in [0.15, 0.2) is 0 Å². The fourth-order valence-electron chi connectivity index (χ4n) is 3.97. The number of rotatable bonds is 5. The van der Waals surface area contributed by atoms with Crippen molar-refractivity contribution in [1.29, 1.82) is 0 Å². The summed E-state index contributed by atoms with van der Waals surface area (Å²) in [4.78, 5) is 2.82. The number of nitrogens with two attached hydrogens (primary N) is 1. The van der Waals surface area contributed by atoms with Crippen LogP contribution in [0.2, 0.25) is 0 Å². The van der Waals surface area contributed by atoms with Crippen molar-refractivity contribution in [3.63, 3.8) is 0 Å². The molecule has 19 heavy (non-hydrogen) atoms. The van der Waals surface area contributed by atoms with Gasteiger partial charge in [-0.25, -0.2) is 0 Å². The third kappa shape index (κ3) is 4.17. The van der Waals surface area contributed by atoms with Crippen molar-refractivity contribution in [2.45, 2.75) is 88.9 Å². The van der Waals surface area contributed by atoms with Crippen LogP contribution in [-0.2, 0) is 4.74 Å². The molecule has 0 amide bonds. The summed E-state index contributed by atoms with van der Waals surface area (Å²) >= 11 is 0. The first-order valence-corrected chi connectivity index (χ1v) is 8.28. The van der Waals surface area contributed by atoms with Gasteiger partial charge in [0.25, 0.3) is 0 Å². The Morgan fingerprint density at radius 2 is 1.47 bits per heavy atom. The third-order valence-electron chi connectivity index (χ3n) is 5.14. The lowest BCUT2D eigenvalue weighted by atomic mass is 9.86. The largest absolute Gasteiger partial charge is 0.381 e. The van der Waals surface area contributed by atoms with Crippen molar-refractivity contribution in [2.75, 3.05) is 13.7 Å². The van der Waals surface area contributed by atoms with Crippen molar-refractivity contribution < 1.29 is 4.74 Å². The van der Waals surface area contributed by atoms with E-state index in [-0.39, 0.29) is 0 Å². The minimum Gasteiger partial charge on any atom is -0.381 e. The van der Waals surface area contributed by atoms with E-state index < -0.39 is 0 Å². The van der Waals surface area contributed by atoms with Crippen LogP contribution in [0.25, 0.3) is 0 Å². The van der Waals surface area contributed by atoms with Crippen LogP contribution in [0.1, 0.15) is 64.7 Å². The number of nitrogens with zero attached hydrogens (tertiary/aromatic N) is 1. The maximum absolute atomic E-state index is 6.05. The molecule has 0 aliphatic heterocycles. The summed E-state index contributed by atoms with van der Waals surface area (Å²) in [7, 11) is 1.86. The van der Waals surface area contributed by atoms with Crippen molar-refractivity contribution in [3.05, 3.63) is 0 Å². The van der Waals surface area contributed by atoms with Crippen molar-refractivity contribution in [2.24, 2.45) is 5.73 Å². The Morgan fingerprint density at radius 3 is 1.95 bits per heavy atom. The molecule has 0 aromatic carbocycles. The normalized spacial score (nSPS) is 36.6. The van der Waals surface area contributed by atoms with E-state index in [1.165, 1.54) is 64.3 Å². The molecule has 0 radical (unpaired) electrons. The number of ether oxygens (including phenoxy) is 1. The molecule has 0 unspecified atom stereocenters. The molecule has 0 atom stereocenters. The van der Waals surface area contributed by atoms with Crippen molar-refractivity contribution in [1.82, 2.24) is 4.90 Å². The van der Waals surface area contributed by atoms with Crippen LogP contribution in [0.3, 0.4) is 0 Å². The highest BCUT2D eigenvalue weighted by Gasteiger charge is 2.31. The van der Waals surface area contributed by atoms with Gasteiger partial charge in [0, 0.05) is 25.2 Å². The first-order chi connectivity index (χ1) is 9.24. The predicted molar refractivity (Wildman–Crippen MR) is 80.3 cm³/mol. The summed E-state index contributed by atoms with van der Waals surface area (Å²) in [6.45, 7) is 3.57. The van der Waals surface area contributed by atoms with E-state index in [0.29, 0.717) is 12.1 Å². The molecule has 0 spiro atoms. The minimum atomic E-state index is 0.462. The second-order valence-electron chi connectivity index (χ2n) is 6.47. The smallest absolute Gasteiger partial charge is 0.0572 e. The Bertz CT molecular complexity index is 243. The molecule has 2 aliphatic rings. The Kier molecular flexibility index (Phi) is 6.11. The van der Waals surface area contributed by atoms with Crippen LogP contribution >= 0.6 is 0 Å². The third-order valence-corrected chi connectivity index (χ3v) is 5.14. The van der Waals surface area contributed by atoms with E-state index in [1.807, 2.05) is 7.11 Å². The Hall–Kier alpha value is -0.120. The standard InChI is InChI=1S/C16H32N2O/c1-3-12-18(14-6-4-13(17)5-7-14)15-8-10-16(19-2)11-9-15/h13-16H,3-12,17H2,1-2H3. The molecule has 0 heterocycles. The monoisotopic (exact) mass is 268 g/mol. The second kappa shape index (κ2) is 7.61. The molecular formula is C16H32N2O. The van der Waals surface area contributed by atoms with Gasteiger partial charge in [-0.05, 0) is 64.3 Å². The fraction of sp³-hybridized carbons (Fsp3) is 1.00. The quantitative estimate of drug-likeness (QED) is 0.833. The maximum Gasteiger partial charge on any atom is 0.0572 e. The first-order valence-electron chi connectivity index (χ1n) is 8.28. The van der Waals surface area contributed by atoms with Crippen LogP contribution < -0.4 is 5.73 Å². The zero-order valence-corrected chi connectivity index (χ0v) is 12.8. The summed E-state index contributed by atoms with van der Waals surface area (Å²) in [5, 5.41) is 0. The lowest BCUT2D eigenvalue weighted by Gasteiger charge is -2.43. The molecule has 0 aromatic rings. The van der Waals surface area contributed by atoms with Gasteiger partial charge in [0.05, 0.1) is 6.10 Å². The average Bonchev–Trinajstić information content (AvgIpc) is 2.46. The molecule has 0 bridgehead atoms. The minimum absolute atomic E-state index is 0.462. The second-order valence-corrected chi connectivity index (χ2v) is 6.47. The van der Waals surface area contributed by atoms with Crippen LogP contribution in [0, 0.1) is 0 Å². The van der Waals surface area contributed by atoms with Crippen LogP contribution in [-0.4, -0.2) is 42.8 Å². The fourth-order valence-corrected chi connectivity index (χ4v) is 3.97. The molecule has 112 valence electrons. The highest BCUT2D eigenvalue weighted by molar-refractivity contribution is 4.87. The van der Waals surface area contributed by atoms with Crippen molar-refractivity contribution in [3.8, 4) is 0 Å². The zero-order valence-electron chi connectivity index (χ0n) is 12.8. The van der Waals surface area contributed by atoms with Gasteiger partial charge < -0.3 is 10.5 Å². The average molecular weight is 268 g/mol. The summed E-state index contributed by atoms with van der Waals surface area (Å²) in [5.41, 5.74) is 6.05. The van der Waals surface area contributed by atoms with Gasteiger partial charge in [0.2, 0.25) is 0 Å². The van der Waals surface area contributed by atoms with E-state index in [1.54, 1.807) is 0 Å². The summed E-state index contributed by atoms with van der Waals surface area (Å²) in [6, 6.07) is 2.05. The number of methoxy groups -OCH3 is 1. The van der Waals surface area contributed by atoms with Gasteiger partial charge in [-0.1, -0.05) is 6.92 Å². The van der Waals surface area contributed by atoms with Gasteiger partial charge >= 0.3 is 0 Å². The van der Waals surface area contributed by atoms with Gasteiger partial charge in [-0.2, -0.15) is 0 Å². The summed E-state index contributed by atoms with van der Waals surface area (Å²) in [5.74, 6) is 0. The zero-order chi connectivity index (χ0) is 13.7. The summed E-state index contributed by atoms with van der Waals surface area (Å²) < 4.78 is 5.50. The molecule has 2 saturated carbocycles. The van der Waals surface area contributed by atoms with Crippen LogP contribution in [0.5, 0.6) is 0 Å². The van der Waals surface area contributed by atoms with Gasteiger partial charge in [0.15, 0.2) is 0 Å². The highest BCUT2D eigenvalue weighted by Crippen LogP contribution is 2.30. The molecule has 2 fully saturated rings. The SMILES string of the molecule is CCCN(C1CCC(N)CC1)C1CCC(OC)CC1. The predicted octanol–water partition coefficient (Wildman–Crippen LogP) is 2.93. The van der Waals surface area contributed by atoms with Crippen LogP contribution in [0.4, 0.5) is 0 Å². The molecule has 0 aromatic heterocycles. The lowest BCUT2D eigenvalue weighted by molar-refractivity contribution is 0.0184. The van der Waals surface area contributed by atoms with Gasteiger partial charge in [0.1, 0.15) is 0 Å². The topological polar surface area (TPSA) is 38.5 Å². The van der Waals surface area contributed by atoms with E-state index in [2.05, 4.69) is 11.8 Å². The Morgan fingerprint density at radius 1 is 0.947 bits per heavy atom.